The van der Waals surface area contributed by atoms with Crippen LogP contribution in [0.25, 0.3) is 11.2 Å². The van der Waals surface area contributed by atoms with Gasteiger partial charge in [-0.25, -0.2) is 15.0 Å². The van der Waals surface area contributed by atoms with Crippen LogP contribution in [0.2, 0.25) is 0 Å². The standard InChI is InChI=1S/C14H12F3N5S/c15-14(16,17)12-19-9(8-1-2-8)10-11(21-12)22(13(18)20-10)5-7-3-4-23-6-7/h3-4,6,8H,1-2,5H2,(H2,18,20). The molecule has 0 aromatic carbocycles. The maximum absolute atomic E-state index is 13.1. The molecule has 3 aromatic heterocycles. The molecular formula is C14H12F3N5S. The molecule has 5 nitrogen and oxygen atoms in total. The molecule has 23 heavy (non-hydrogen) atoms. The second kappa shape index (κ2) is 4.92. The third kappa shape index (κ3) is 2.54. The van der Waals surface area contributed by atoms with Crippen molar-refractivity contribution >= 4 is 28.4 Å². The molecule has 3 heterocycles. The number of rotatable bonds is 3. The molecule has 0 unspecified atom stereocenters. The van der Waals surface area contributed by atoms with Crippen LogP contribution in [0.15, 0.2) is 16.8 Å². The monoisotopic (exact) mass is 339 g/mol. The second-order valence-electron chi connectivity index (χ2n) is 5.56. The van der Waals surface area contributed by atoms with Crippen LogP contribution in [-0.2, 0) is 12.7 Å². The van der Waals surface area contributed by atoms with E-state index in [0.29, 0.717) is 17.8 Å². The summed E-state index contributed by atoms with van der Waals surface area (Å²) in [5, 5.41) is 3.81. The predicted molar refractivity (Wildman–Crippen MR) is 80.1 cm³/mol. The van der Waals surface area contributed by atoms with E-state index in [1.807, 2.05) is 16.8 Å². The summed E-state index contributed by atoms with van der Waals surface area (Å²) in [7, 11) is 0. The van der Waals surface area contributed by atoms with Crippen LogP contribution >= 0.6 is 11.3 Å². The van der Waals surface area contributed by atoms with Crippen LogP contribution in [-0.4, -0.2) is 19.5 Å². The highest BCUT2D eigenvalue weighted by Gasteiger charge is 2.39. The first-order chi connectivity index (χ1) is 10.9. The van der Waals surface area contributed by atoms with Crippen LogP contribution in [0.1, 0.15) is 35.8 Å². The van der Waals surface area contributed by atoms with Gasteiger partial charge in [-0.15, -0.1) is 0 Å². The van der Waals surface area contributed by atoms with Crippen LogP contribution < -0.4 is 5.73 Å². The Kier molecular flexibility index (Phi) is 3.09. The maximum Gasteiger partial charge on any atom is 0.451 e. The fraction of sp³-hybridized carbons (Fsp3) is 0.357. The first-order valence-corrected chi connectivity index (χ1v) is 7.99. The van der Waals surface area contributed by atoms with Gasteiger partial charge in [0, 0.05) is 5.92 Å². The van der Waals surface area contributed by atoms with Crippen LogP contribution in [0.4, 0.5) is 19.1 Å². The Morgan fingerprint density at radius 2 is 2.04 bits per heavy atom. The minimum Gasteiger partial charge on any atom is -0.369 e. The number of hydrogen-bond acceptors (Lipinski definition) is 5. The van der Waals surface area contributed by atoms with Gasteiger partial charge in [-0.1, -0.05) is 0 Å². The number of aromatic nitrogens is 4. The second-order valence-corrected chi connectivity index (χ2v) is 6.34. The first-order valence-electron chi connectivity index (χ1n) is 7.05. The predicted octanol–water partition coefficient (Wildman–Crippen LogP) is 3.41. The lowest BCUT2D eigenvalue weighted by molar-refractivity contribution is -0.144. The molecule has 120 valence electrons. The van der Waals surface area contributed by atoms with Gasteiger partial charge < -0.3 is 5.73 Å². The van der Waals surface area contributed by atoms with Gasteiger partial charge >= 0.3 is 6.18 Å². The molecule has 0 aliphatic heterocycles. The zero-order valence-electron chi connectivity index (χ0n) is 11.8. The van der Waals surface area contributed by atoms with Crippen LogP contribution in [0.3, 0.4) is 0 Å². The summed E-state index contributed by atoms with van der Waals surface area (Å²) in [6.07, 6.45) is -2.95. The minimum atomic E-state index is -4.59. The number of thiophene rings is 1. The molecule has 0 atom stereocenters. The summed E-state index contributed by atoms with van der Waals surface area (Å²) in [6, 6.07) is 1.89. The van der Waals surface area contributed by atoms with E-state index in [4.69, 9.17) is 5.73 Å². The van der Waals surface area contributed by atoms with E-state index in [1.54, 1.807) is 0 Å². The number of anilines is 1. The number of alkyl halides is 3. The summed E-state index contributed by atoms with van der Waals surface area (Å²) in [6.45, 7) is 0.338. The summed E-state index contributed by atoms with van der Waals surface area (Å²) >= 11 is 1.51. The molecule has 1 aliphatic carbocycles. The Balaban J connectivity index is 1.92. The SMILES string of the molecule is Nc1nc2c(C3CC3)nc(C(F)(F)F)nc2n1Cc1ccsc1. The molecule has 0 radical (unpaired) electrons. The zero-order valence-corrected chi connectivity index (χ0v) is 12.7. The maximum atomic E-state index is 13.1. The Bertz CT molecular complexity index is 865. The zero-order chi connectivity index (χ0) is 16.2. The Morgan fingerprint density at radius 3 is 2.65 bits per heavy atom. The minimum absolute atomic E-state index is 0.0190. The normalized spacial score (nSPS) is 15.4. The lowest BCUT2D eigenvalue weighted by Gasteiger charge is -2.09. The quantitative estimate of drug-likeness (QED) is 0.794. The molecule has 9 heteroatoms. The van der Waals surface area contributed by atoms with Gasteiger partial charge in [0.15, 0.2) is 5.65 Å². The van der Waals surface area contributed by atoms with E-state index in [0.717, 1.165) is 18.4 Å². The van der Waals surface area contributed by atoms with Gasteiger partial charge in [0.1, 0.15) is 5.52 Å². The van der Waals surface area contributed by atoms with Crippen molar-refractivity contribution in [1.29, 1.82) is 0 Å². The van der Waals surface area contributed by atoms with Crippen molar-refractivity contribution in [3.8, 4) is 0 Å². The third-order valence-electron chi connectivity index (χ3n) is 3.79. The molecule has 0 spiro atoms. The van der Waals surface area contributed by atoms with E-state index < -0.39 is 12.0 Å². The van der Waals surface area contributed by atoms with Crippen molar-refractivity contribution in [3.05, 3.63) is 33.9 Å². The number of nitrogens with two attached hydrogens (primary N) is 1. The van der Waals surface area contributed by atoms with Crippen LogP contribution in [0.5, 0.6) is 0 Å². The van der Waals surface area contributed by atoms with Gasteiger partial charge in [-0.3, -0.25) is 4.57 Å². The highest BCUT2D eigenvalue weighted by atomic mass is 32.1. The molecule has 0 saturated heterocycles. The largest absolute Gasteiger partial charge is 0.451 e. The number of nitrogen functional groups attached to an aromatic ring is 1. The summed E-state index contributed by atoms with van der Waals surface area (Å²) in [5.41, 5.74) is 7.76. The van der Waals surface area contributed by atoms with Gasteiger partial charge in [-0.05, 0) is 35.2 Å². The van der Waals surface area contributed by atoms with E-state index in [2.05, 4.69) is 15.0 Å². The highest BCUT2D eigenvalue weighted by molar-refractivity contribution is 7.07. The van der Waals surface area contributed by atoms with E-state index in [1.165, 1.54) is 15.9 Å². The molecule has 1 fully saturated rings. The van der Waals surface area contributed by atoms with E-state index in [-0.39, 0.29) is 17.5 Å². The average molecular weight is 339 g/mol. The van der Waals surface area contributed by atoms with Crippen molar-refractivity contribution < 1.29 is 13.2 Å². The third-order valence-corrected chi connectivity index (χ3v) is 4.52. The van der Waals surface area contributed by atoms with Crippen molar-refractivity contribution in [1.82, 2.24) is 19.5 Å². The van der Waals surface area contributed by atoms with E-state index in [9.17, 15) is 13.2 Å². The molecule has 0 bridgehead atoms. The summed E-state index contributed by atoms with van der Waals surface area (Å²) in [4.78, 5) is 11.7. The van der Waals surface area contributed by atoms with Gasteiger partial charge in [0.25, 0.3) is 0 Å². The van der Waals surface area contributed by atoms with Gasteiger partial charge in [0.05, 0.1) is 12.2 Å². The topological polar surface area (TPSA) is 69.6 Å². The Hall–Kier alpha value is -2.16. The smallest absolute Gasteiger partial charge is 0.369 e. The van der Waals surface area contributed by atoms with Gasteiger partial charge in [-0.2, -0.15) is 24.5 Å². The van der Waals surface area contributed by atoms with Crippen LogP contribution in [0, 0.1) is 0 Å². The average Bonchev–Trinajstić information content (AvgIpc) is 3.11. The van der Waals surface area contributed by atoms with E-state index >= 15 is 0 Å². The molecular weight excluding hydrogens is 327 g/mol. The highest BCUT2D eigenvalue weighted by Crippen LogP contribution is 2.43. The van der Waals surface area contributed by atoms with Crippen molar-refractivity contribution in [3.63, 3.8) is 0 Å². The number of hydrogen-bond donors (Lipinski definition) is 1. The molecule has 0 amide bonds. The number of imidazole rings is 1. The summed E-state index contributed by atoms with van der Waals surface area (Å²) < 4.78 is 40.8. The lowest BCUT2D eigenvalue weighted by Crippen LogP contribution is -2.14. The molecule has 4 rings (SSSR count). The Labute approximate surface area is 133 Å². The van der Waals surface area contributed by atoms with Crippen molar-refractivity contribution in [2.45, 2.75) is 31.5 Å². The first kappa shape index (κ1) is 14.4. The summed E-state index contributed by atoms with van der Waals surface area (Å²) in [5.74, 6) is -0.953. The fourth-order valence-corrected chi connectivity index (χ4v) is 3.19. The van der Waals surface area contributed by atoms with Crippen molar-refractivity contribution in [2.75, 3.05) is 5.73 Å². The number of nitrogens with zero attached hydrogens (tertiary/aromatic N) is 4. The Morgan fingerprint density at radius 1 is 1.26 bits per heavy atom. The lowest BCUT2D eigenvalue weighted by atomic mass is 10.2. The molecule has 3 aromatic rings. The van der Waals surface area contributed by atoms with Crippen molar-refractivity contribution in [2.24, 2.45) is 0 Å². The number of fused-ring (bicyclic) bond motifs is 1. The molecule has 1 saturated carbocycles. The number of halogens is 3. The van der Waals surface area contributed by atoms with Gasteiger partial charge in [0.2, 0.25) is 11.8 Å². The fourth-order valence-electron chi connectivity index (χ4n) is 2.53. The molecule has 1 aliphatic rings. The molecule has 2 N–H and O–H groups in total.